The maximum absolute atomic E-state index is 3.76. The van der Waals surface area contributed by atoms with Gasteiger partial charge in [0.15, 0.2) is 0 Å². The van der Waals surface area contributed by atoms with Crippen molar-refractivity contribution in [1.29, 1.82) is 0 Å². The molecule has 0 bridgehead atoms. The maximum atomic E-state index is 3.76. The van der Waals surface area contributed by atoms with Gasteiger partial charge in [0.05, 0.1) is 16.6 Å². The van der Waals surface area contributed by atoms with E-state index in [1.165, 1.54) is 66.0 Å². The van der Waals surface area contributed by atoms with Gasteiger partial charge in [-0.2, -0.15) is 0 Å². The molecule has 2 nitrogen and oxygen atoms in total. The van der Waals surface area contributed by atoms with Crippen LogP contribution in [0.2, 0.25) is 0 Å². The van der Waals surface area contributed by atoms with Crippen LogP contribution in [0.1, 0.15) is 23.5 Å². The minimum atomic E-state index is 0.265. The quantitative estimate of drug-likeness (QED) is 0.257. The van der Waals surface area contributed by atoms with Gasteiger partial charge in [0, 0.05) is 38.7 Å². The zero-order valence-corrected chi connectivity index (χ0v) is 20.9. The lowest BCUT2D eigenvalue weighted by Crippen LogP contribution is -2.11. The van der Waals surface area contributed by atoms with Crippen molar-refractivity contribution < 1.29 is 0 Å². The van der Waals surface area contributed by atoms with Crippen LogP contribution in [-0.2, 0) is 0 Å². The highest BCUT2D eigenvalue weighted by molar-refractivity contribution is 6.25. The second kappa shape index (κ2) is 8.36. The Morgan fingerprint density at radius 3 is 2.16 bits per heavy atom. The molecule has 38 heavy (non-hydrogen) atoms. The molecule has 2 heterocycles. The first-order chi connectivity index (χ1) is 18.9. The molecule has 0 radical (unpaired) electrons. The van der Waals surface area contributed by atoms with Crippen LogP contribution >= 0.6 is 0 Å². The summed E-state index contributed by atoms with van der Waals surface area (Å²) in [6, 6.07) is 43.8. The third-order valence-electron chi connectivity index (χ3n) is 8.12. The first-order valence-electron chi connectivity index (χ1n) is 13.3. The van der Waals surface area contributed by atoms with Crippen LogP contribution in [0.25, 0.3) is 54.9 Å². The van der Waals surface area contributed by atoms with Crippen LogP contribution < -0.4 is 0 Å². The average Bonchev–Trinajstić information content (AvgIpc) is 3.53. The summed E-state index contributed by atoms with van der Waals surface area (Å²) in [6.07, 6.45) is 5.78. The highest BCUT2D eigenvalue weighted by atomic mass is 15.0. The van der Waals surface area contributed by atoms with Crippen LogP contribution in [0.15, 0.2) is 133 Å². The van der Waals surface area contributed by atoms with Gasteiger partial charge in [-0.25, -0.2) is 0 Å². The Hall–Kier alpha value is -4.82. The standard InChI is InChI=1S/C36H26N2/c1-3-11-24(12-4-1)26-19-20-27(25-13-5-2-6-14-25)34(23-26)38-32-18-10-8-16-30(32)35-33(38)22-21-29-28-15-7-9-17-31(28)37-36(29)35/h1-19,21-23,27,37H,20H2. The van der Waals surface area contributed by atoms with Gasteiger partial charge in [0.25, 0.3) is 0 Å². The molecule has 7 aromatic rings. The van der Waals surface area contributed by atoms with E-state index < -0.39 is 0 Å². The number of rotatable bonds is 3. The smallest absolute Gasteiger partial charge is 0.0566 e. The van der Waals surface area contributed by atoms with Gasteiger partial charge in [0.1, 0.15) is 0 Å². The number of aromatic nitrogens is 2. The number of allylic oxidation sites excluding steroid dienone is 4. The van der Waals surface area contributed by atoms with E-state index in [2.05, 4.69) is 143 Å². The molecule has 5 aromatic carbocycles. The summed E-state index contributed by atoms with van der Waals surface area (Å²) >= 11 is 0. The van der Waals surface area contributed by atoms with E-state index in [4.69, 9.17) is 0 Å². The summed E-state index contributed by atoms with van der Waals surface area (Å²) in [5.41, 5.74) is 10.1. The van der Waals surface area contributed by atoms with Crippen molar-refractivity contribution in [3.05, 3.63) is 145 Å². The molecule has 0 saturated heterocycles. The summed E-state index contributed by atoms with van der Waals surface area (Å²) in [6.45, 7) is 0. The van der Waals surface area contributed by atoms with E-state index >= 15 is 0 Å². The number of hydrogen-bond acceptors (Lipinski definition) is 0. The van der Waals surface area contributed by atoms with Gasteiger partial charge in [-0.05, 0) is 47.4 Å². The predicted molar refractivity (Wildman–Crippen MR) is 161 cm³/mol. The van der Waals surface area contributed by atoms with Gasteiger partial charge in [-0.15, -0.1) is 0 Å². The first-order valence-corrected chi connectivity index (χ1v) is 13.3. The van der Waals surface area contributed by atoms with Crippen molar-refractivity contribution in [3.8, 4) is 0 Å². The third-order valence-corrected chi connectivity index (χ3v) is 8.12. The molecular weight excluding hydrogens is 460 g/mol. The second-order valence-electron chi connectivity index (χ2n) is 10.2. The van der Waals surface area contributed by atoms with Crippen LogP contribution in [0.4, 0.5) is 0 Å². The van der Waals surface area contributed by atoms with Crippen LogP contribution in [0, 0.1) is 0 Å². The molecule has 0 fully saturated rings. The van der Waals surface area contributed by atoms with Crippen LogP contribution in [0.3, 0.4) is 0 Å². The lowest BCUT2D eigenvalue weighted by Gasteiger charge is -2.27. The molecule has 180 valence electrons. The van der Waals surface area contributed by atoms with Crippen molar-refractivity contribution in [2.45, 2.75) is 12.3 Å². The summed E-state index contributed by atoms with van der Waals surface area (Å²) in [4.78, 5) is 3.76. The normalized spacial score (nSPS) is 15.8. The number of H-pyrrole nitrogens is 1. The highest BCUT2D eigenvalue weighted by Crippen LogP contribution is 2.45. The number of nitrogens with one attached hydrogen (secondary N) is 1. The Morgan fingerprint density at radius 1 is 0.605 bits per heavy atom. The minimum absolute atomic E-state index is 0.265. The van der Waals surface area contributed by atoms with Crippen LogP contribution in [0.5, 0.6) is 0 Å². The number of fused-ring (bicyclic) bond motifs is 7. The fraction of sp³-hybridized carbons (Fsp3) is 0.0556. The van der Waals surface area contributed by atoms with E-state index in [1.807, 2.05) is 0 Å². The van der Waals surface area contributed by atoms with E-state index in [9.17, 15) is 0 Å². The minimum Gasteiger partial charge on any atom is -0.354 e. The molecule has 1 atom stereocenters. The Kier molecular flexibility index (Phi) is 4.68. The first kappa shape index (κ1) is 21.3. The largest absolute Gasteiger partial charge is 0.354 e. The molecule has 0 amide bonds. The van der Waals surface area contributed by atoms with Gasteiger partial charge in [-0.3, -0.25) is 0 Å². The van der Waals surface area contributed by atoms with E-state index in [-0.39, 0.29) is 5.92 Å². The summed E-state index contributed by atoms with van der Waals surface area (Å²) in [5.74, 6) is 0.265. The lowest BCUT2D eigenvalue weighted by molar-refractivity contribution is 0.833. The van der Waals surface area contributed by atoms with Crippen molar-refractivity contribution in [3.63, 3.8) is 0 Å². The molecule has 0 spiro atoms. The van der Waals surface area contributed by atoms with Gasteiger partial charge < -0.3 is 9.55 Å². The Bertz CT molecular complexity index is 2040. The number of aromatic amines is 1. The highest BCUT2D eigenvalue weighted by Gasteiger charge is 2.26. The number of benzene rings is 5. The Labute approximate surface area is 221 Å². The number of para-hydroxylation sites is 2. The van der Waals surface area contributed by atoms with Gasteiger partial charge in [-0.1, -0.05) is 109 Å². The number of hydrogen-bond donors (Lipinski definition) is 1. The van der Waals surface area contributed by atoms with Crippen molar-refractivity contribution in [2.75, 3.05) is 0 Å². The summed E-state index contributed by atoms with van der Waals surface area (Å²) < 4.78 is 2.52. The van der Waals surface area contributed by atoms with Gasteiger partial charge in [0.2, 0.25) is 0 Å². The Balaban J connectivity index is 1.46. The fourth-order valence-electron chi connectivity index (χ4n) is 6.38. The Morgan fingerprint density at radius 2 is 1.32 bits per heavy atom. The predicted octanol–water partition coefficient (Wildman–Crippen LogP) is 9.54. The molecule has 2 heteroatoms. The topological polar surface area (TPSA) is 20.7 Å². The number of nitrogens with zero attached hydrogens (tertiary/aromatic N) is 1. The molecule has 1 aliphatic carbocycles. The zero-order chi connectivity index (χ0) is 25.1. The molecule has 8 rings (SSSR count). The fourth-order valence-corrected chi connectivity index (χ4v) is 6.38. The molecule has 1 aliphatic rings. The SMILES string of the molecule is C1=C(c2ccccc2)C=C(n2c3ccccc3c3c4[nH]c5ccccc5c4ccc32)C(c2ccccc2)C1. The van der Waals surface area contributed by atoms with E-state index in [0.29, 0.717) is 0 Å². The monoisotopic (exact) mass is 486 g/mol. The van der Waals surface area contributed by atoms with E-state index in [1.54, 1.807) is 0 Å². The molecule has 0 aliphatic heterocycles. The molecule has 1 unspecified atom stereocenters. The van der Waals surface area contributed by atoms with Crippen molar-refractivity contribution >= 4 is 54.9 Å². The molecule has 2 aromatic heterocycles. The average molecular weight is 487 g/mol. The third kappa shape index (κ3) is 3.13. The van der Waals surface area contributed by atoms with Crippen LogP contribution in [-0.4, -0.2) is 9.55 Å². The summed E-state index contributed by atoms with van der Waals surface area (Å²) in [7, 11) is 0. The second-order valence-corrected chi connectivity index (χ2v) is 10.2. The molecular formula is C36H26N2. The molecule has 0 saturated carbocycles. The van der Waals surface area contributed by atoms with Crippen molar-refractivity contribution in [2.24, 2.45) is 0 Å². The maximum Gasteiger partial charge on any atom is 0.0566 e. The van der Waals surface area contributed by atoms with Gasteiger partial charge >= 0.3 is 0 Å². The van der Waals surface area contributed by atoms with Crippen molar-refractivity contribution in [1.82, 2.24) is 9.55 Å². The zero-order valence-electron chi connectivity index (χ0n) is 20.9. The molecule has 1 N–H and O–H groups in total. The lowest BCUT2D eigenvalue weighted by atomic mass is 9.85. The van der Waals surface area contributed by atoms with E-state index in [0.717, 1.165) is 6.42 Å². The summed E-state index contributed by atoms with van der Waals surface area (Å²) in [5, 5.41) is 5.12.